The molecule has 1 fully saturated rings. The number of nitrogens with two attached hydrogens (primary N) is 1. The van der Waals surface area contributed by atoms with Gasteiger partial charge in [0.2, 0.25) is 0 Å². The lowest BCUT2D eigenvalue weighted by atomic mass is 9.85. The number of nitrogens with one attached hydrogen (secondary N) is 1. The molecule has 6 aliphatic rings. The van der Waals surface area contributed by atoms with Crippen LogP contribution in [0.1, 0.15) is 42.2 Å². The predicted molar refractivity (Wildman–Crippen MR) is 214 cm³/mol. The number of aliphatic hydroxyl groups excluding tert-OH is 2. The number of carbonyl (C=O) groups excluding carboxylic acids is 3. The standard InChI is InChI=1S/C43H42ClN3O13/c1-21-39(52)46-34-26(17-25(54-6)18-30(34)56-21)40(53)57-31-20-55-33(49)19-28(45)23-15-27(44)37(29(48)16-23)58-32-11-7-9-22(31)12-13-24-10-8-14-43(24,32)60-41-36(51)35(50)38(47(4)5)42(2,3)59-41/h8-10,14-18,28,31-32,35-36,38,41,48,50-51H,1,19-20,45H2,2-6H3,(H,46,52)/b22-9+/t28-,31?,32?,35-,36+,38-,41-,43+/m0/s1. The summed E-state index contributed by atoms with van der Waals surface area (Å²) >= 11 is 6.70. The number of ether oxygens (including phenoxy) is 7. The highest BCUT2D eigenvalue weighted by molar-refractivity contribution is 6.32. The van der Waals surface area contributed by atoms with Gasteiger partial charge in [-0.25, -0.2) is 4.79 Å². The van der Waals surface area contributed by atoms with Gasteiger partial charge in [0.15, 0.2) is 47.1 Å². The number of benzene rings is 2. The highest BCUT2D eigenvalue weighted by Crippen LogP contribution is 2.44. The number of methoxy groups -OCH3 is 1. The average Bonchev–Trinajstić information content (AvgIpc) is 3.60. The van der Waals surface area contributed by atoms with E-state index in [-0.39, 0.29) is 62.4 Å². The second-order valence-corrected chi connectivity index (χ2v) is 15.6. The monoisotopic (exact) mass is 843 g/mol. The van der Waals surface area contributed by atoms with E-state index in [0.29, 0.717) is 0 Å². The number of phenolic OH excluding ortho intramolecular Hbond substituents is 1. The fourth-order valence-electron chi connectivity index (χ4n) is 7.61. The van der Waals surface area contributed by atoms with Crippen LogP contribution in [0.3, 0.4) is 0 Å². The van der Waals surface area contributed by atoms with Crippen LogP contribution in [0.2, 0.25) is 5.02 Å². The summed E-state index contributed by atoms with van der Waals surface area (Å²) in [6.45, 7) is 6.50. The molecule has 4 aliphatic heterocycles. The maximum Gasteiger partial charge on any atom is 0.341 e. The third-order valence-corrected chi connectivity index (χ3v) is 10.8. The van der Waals surface area contributed by atoms with Crippen molar-refractivity contribution in [3.05, 3.63) is 88.2 Å². The summed E-state index contributed by atoms with van der Waals surface area (Å²) in [4.78, 5) is 41.6. The van der Waals surface area contributed by atoms with Gasteiger partial charge in [-0.05, 0) is 69.8 Å². The predicted octanol–water partition coefficient (Wildman–Crippen LogP) is 2.80. The lowest BCUT2D eigenvalue weighted by Crippen LogP contribution is -2.68. The summed E-state index contributed by atoms with van der Waals surface area (Å²) in [7, 11) is 4.87. The van der Waals surface area contributed by atoms with Gasteiger partial charge in [0.25, 0.3) is 5.91 Å². The van der Waals surface area contributed by atoms with Crippen LogP contribution in [0, 0.1) is 23.7 Å². The molecule has 16 nitrogen and oxygen atoms in total. The Bertz CT molecular complexity index is 2360. The number of aromatic hydroxyl groups is 1. The average molecular weight is 844 g/mol. The molecule has 6 N–H and O–H groups in total. The van der Waals surface area contributed by atoms with Gasteiger partial charge < -0.3 is 64.4 Å². The Morgan fingerprint density at radius 2 is 1.90 bits per heavy atom. The molecular formula is C43H42ClN3O13. The van der Waals surface area contributed by atoms with Crippen LogP contribution in [-0.2, 0) is 28.5 Å². The molecule has 0 radical (unpaired) electrons. The lowest BCUT2D eigenvalue weighted by Gasteiger charge is -2.51. The van der Waals surface area contributed by atoms with Crippen LogP contribution in [0.5, 0.6) is 23.0 Å². The van der Waals surface area contributed by atoms with Gasteiger partial charge in [-0.2, -0.15) is 0 Å². The number of carbonyl (C=O) groups is 3. The minimum absolute atomic E-state index is 0.0160. The summed E-state index contributed by atoms with van der Waals surface area (Å²) in [6, 6.07) is 3.83. The van der Waals surface area contributed by atoms with Crippen LogP contribution in [0.4, 0.5) is 5.69 Å². The molecule has 314 valence electrons. The maximum atomic E-state index is 14.1. The van der Waals surface area contributed by atoms with Crippen LogP contribution in [0.25, 0.3) is 0 Å². The van der Waals surface area contributed by atoms with Crippen molar-refractivity contribution in [2.45, 2.75) is 74.3 Å². The SMILES string of the molecule is C=C1Oc2cc(OC)cc(C(=O)OC3COC(=O)C[C@H](N)c4cc(O)c(c(Cl)c4)OC4C#C/C=C/3C#CC3=CC=C[C@@]34O[C@@H]3OC(C)(C)[C@@H](N(C)C)[C@@H](O)[C@H]3O)c2NC1=O. The van der Waals surface area contributed by atoms with Crippen molar-refractivity contribution in [1.82, 2.24) is 4.90 Å². The Hall–Kier alpha value is -5.82. The number of hydrogen-bond acceptors (Lipinski definition) is 15. The van der Waals surface area contributed by atoms with E-state index in [1.807, 2.05) is 0 Å². The number of esters is 2. The first-order valence-electron chi connectivity index (χ1n) is 18.6. The van der Waals surface area contributed by atoms with Crippen LogP contribution >= 0.6 is 11.6 Å². The van der Waals surface area contributed by atoms with Crippen LogP contribution in [0.15, 0.2) is 72.1 Å². The molecule has 4 heterocycles. The fourth-order valence-corrected chi connectivity index (χ4v) is 7.88. The molecule has 1 amide bonds. The highest BCUT2D eigenvalue weighted by Gasteiger charge is 2.55. The van der Waals surface area contributed by atoms with Crippen molar-refractivity contribution < 1.29 is 62.9 Å². The Morgan fingerprint density at radius 3 is 2.62 bits per heavy atom. The minimum atomic E-state index is -1.80. The van der Waals surface area contributed by atoms with Crippen LogP contribution < -0.4 is 25.3 Å². The molecule has 0 spiro atoms. The summed E-state index contributed by atoms with van der Waals surface area (Å²) < 4.78 is 41.9. The van der Waals surface area contributed by atoms with E-state index in [2.05, 4.69) is 35.6 Å². The number of aliphatic hydroxyl groups is 2. The maximum absolute atomic E-state index is 14.1. The number of hydrogen-bond donors (Lipinski definition) is 5. The second kappa shape index (κ2) is 16.3. The lowest BCUT2D eigenvalue weighted by molar-refractivity contribution is -0.329. The van der Waals surface area contributed by atoms with Crippen molar-refractivity contribution in [2.24, 2.45) is 5.73 Å². The Kier molecular flexibility index (Phi) is 11.5. The van der Waals surface area contributed by atoms with Gasteiger partial charge in [-0.1, -0.05) is 42.0 Å². The van der Waals surface area contributed by atoms with Crippen molar-refractivity contribution in [1.29, 1.82) is 0 Å². The molecule has 1 saturated heterocycles. The molecular weight excluding hydrogens is 802 g/mol. The number of allylic oxidation sites excluding steroid dienone is 3. The summed E-state index contributed by atoms with van der Waals surface area (Å²) in [6.07, 6.45) is -1.46. The first kappa shape index (κ1) is 42.3. The fraction of sp³-hybridized carbons (Fsp3) is 0.372. The smallest absolute Gasteiger partial charge is 0.341 e. The molecule has 8 atom stereocenters. The van der Waals surface area contributed by atoms with Gasteiger partial charge in [0.1, 0.15) is 24.6 Å². The van der Waals surface area contributed by atoms with Crippen molar-refractivity contribution in [2.75, 3.05) is 33.1 Å². The molecule has 2 aromatic carbocycles. The summed E-state index contributed by atoms with van der Waals surface area (Å²) in [5, 5.41) is 36.6. The third kappa shape index (κ3) is 7.94. The topological polar surface area (TPSA) is 218 Å². The van der Waals surface area contributed by atoms with E-state index < -0.39 is 84.2 Å². The molecule has 17 heteroatoms. The quantitative estimate of drug-likeness (QED) is 0.161. The highest BCUT2D eigenvalue weighted by atomic mass is 35.5. The van der Waals surface area contributed by atoms with Gasteiger partial charge >= 0.3 is 11.9 Å². The first-order valence-corrected chi connectivity index (χ1v) is 19.0. The van der Waals surface area contributed by atoms with Crippen molar-refractivity contribution in [3.63, 3.8) is 0 Å². The Labute approximate surface area is 350 Å². The number of anilines is 1. The number of phenols is 1. The van der Waals surface area contributed by atoms with Crippen molar-refractivity contribution in [3.8, 4) is 46.7 Å². The zero-order valence-electron chi connectivity index (χ0n) is 33.1. The summed E-state index contributed by atoms with van der Waals surface area (Å²) in [5.74, 6) is 8.83. The third-order valence-electron chi connectivity index (χ3n) is 10.5. The Balaban J connectivity index is 1.34. The summed E-state index contributed by atoms with van der Waals surface area (Å²) in [5.41, 5.74) is 3.86. The van der Waals surface area contributed by atoms with Gasteiger partial charge in [-0.3, -0.25) is 9.59 Å². The minimum Gasteiger partial charge on any atom is -0.504 e. The van der Waals surface area contributed by atoms with E-state index in [1.165, 1.54) is 37.5 Å². The molecule has 2 aliphatic carbocycles. The number of nitrogens with zero attached hydrogens (tertiary/aromatic N) is 1. The zero-order valence-corrected chi connectivity index (χ0v) is 33.9. The zero-order chi connectivity index (χ0) is 43.3. The van der Waals surface area contributed by atoms with E-state index >= 15 is 0 Å². The molecule has 8 rings (SSSR count). The molecule has 2 aromatic rings. The number of fused-ring (bicyclic) bond motifs is 9. The molecule has 4 bridgehead atoms. The van der Waals surface area contributed by atoms with E-state index in [9.17, 15) is 29.7 Å². The molecule has 2 unspecified atom stereocenters. The van der Waals surface area contributed by atoms with Gasteiger partial charge in [0, 0.05) is 23.8 Å². The Morgan fingerprint density at radius 1 is 1.13 bits per heavy atom. The molecule has 0 saturated carbocycles. The van der Waals surface area contributed by atoms with E-state index in [4.69, 9.17) is 50.5 Å². The number of halogens is 1. The number of likely N-dealkylation sites (N-methyl/N-ethyl adjacent to an activating group) is 1. The first-order chi connectivity index (χ1) is 28.4. The van der Waals surface area contributed by atoms with Crippen molar-refractivity contribution >= 4 is 35.1 Å². The number of rotatable bonds is 6. The number of amides is 1. The normalized spacial score (nSPS) is 29.9. The largest absolute Gasteiger partial charge is 0.504 e. The second-order valence-electron chi connectivity index (χ2n) is 15.2. The van der Waals surface area contributed by atoms with Gasteiger partial charge in [-0.15, -0.1) is 0 Å². The molecule has 60 heavy (non-hydrogen) atoms. The molecule has 0 aromatic heterocycles. The van der Waals surface area contributed by atoms with E-state index in [1.54, 1.807) is 51.1 Å². The van der Waals surface area contributed by atoms with Crippen LogP contribution in [-0.4, -0.2) is 114 Å². The van der Waals surface area contributed by atoms with Gasteiger partial charge in [0.05, 0.1) is 47.0 Å². The van der Waals surface area contributed by atoms with E-state index in [0.717, 1.165) is 0 Å².